The van der Waals surface area contributed by atoms with Gasteiger partial charge >= 0.3 is 11.7 Å². The first-order valence-electron chi connectivity index (χ1n) is 6.22. The summed E-state index contributed by atoms with van der Waals surface area (Å²) in [6.07, 6.45) is 4.53. The van der Waals surface area contributed by atoms with E-state index in [4.69, 9.17) is 9.84 Å². The second kappa shape index (κ2) is 5.69. The Morgan fingerprint density at radius 3 is 2.74 bits per heavy atom. The molecule has 0 saturated heterocycles. The van der Waals surface area contributed by atoms with Gasteiger partial charge in [-0.05, 0) is 24.5 Å². The van der Waals surface area contributed by atoms with Crippen LogP contribution in [-0.2, 0) is 0 Å². The minimum Gasteiger partial charge on any atom is -0.487 e. The number of rotatable bonds is 6. The Labute approximate surface area is 110 Å². The van der Waals surface area contributed by atoms with Gasteiger partial charge < -0.3 is 9.84 Å². The van der Waals surface area contributed by atoms with Crippen LogP contribution in [0.25, 0.3) is 0 Å². The standard InChI is InChI=1S/C13H15NO5/c15-13(16)10-4-5-12(11(8-10)14(17)18)19-7-6-9-2-1-3-9/h4-5,8-9H,1-3,6-7H2,(H,15,16). The fourth-order valence-electron chi connectivity index (χ4n) is 2.03. The molecule has 1 aromatic rings. The van der Waals surface area contributed by atoms with E-state index in [9.17, 15) is 14.9 Å². The molecule has 0 radical (unpaired) electrons. The second-order valence-corrected chi connectivity index (χ2v) is 4.68. The number of hydrogen-bond donors (Lipinski definition) is 1. The lowest BCUT2D eigenvalue weighted by molar-refractivity contribution is -0.385. The van der Waals surface area contributed by atoms with E-state index in [1.54, 1.807) is 0 Å². The van der Waals surface area contributed by atoms with Crippen LogP contribution in [0.3, 0.4) is 0 Å². The summed E-state index contributed by atoms with van der Waals surface area (Å²) in [6.45, 7) is 0.428. The maximum atomic E-state index is 10.9. The van der Waals surface area contributed by atoms with E-state index in [-0.39, 0.29) is 17.0 Å². The zero-order valence-corrected chi connectivity index (χ0v) is 10.4. The molecule has 0 aliphatic heterocycles. The third-order valence-corrected chi connectivity index (χ3v) is 3.41. The molecular formula is C13H15NO5. The van der Waals surface area contributed by atoms with Gasteiger partial charge in [-0.25, -0.2) is 4.79 Å². The zero-order valence-electron chi connectivity index (χ0n) is 10.4. The molecular weight excluding hydrogens is 250 g/mol. The Morgan fingerprint density at radius 2 is 2.21 bits per heavy atom. The summed E-state index contributed by atoms with van der Waals surface area (Å²) in [5.74, 6) is -0.393. The maximum absolute atomic E-state index is 10.9. The smallest absolute Gasteiger partial charge is 0.335 e. The molecule has 0 heterocycles. The lowest BCUT2D eigenvalue weighted by atomic mass is 9.83. The molecule has 1 fully saturated rings. The molecule has 6 heteroatoms. The minimum atomic E-state index is -1.19. The van der Waals surface area contributed by atoms with Crippen molar-refractivity contribution in [3.63, 3.8) is 0 Å². The molecule has 0 atom stereocenters. The summed E-state index contributed by atoms with van der Waals surface area (Å²) in [6, 6.07) is 3.69. The highest BCUT2D eigenvalue weighted by atomic mass is 16.6. The van der Waals surface area contributed by atoms with Crippen molar-refractivity contribution in [1.82, 2.24) is 0 Å². The van der Waals surface area contributed by atoms with E-state index in [0.717, 1.165) is 12.5 Å². The number of carbonyl (C=O) groups is 1. The molecule has 0 unspecified atom stereocenters. The van der Waals surface area contributed by atoms with Crippen LogP contribution in [0.2, 0.25) is 0 Å². The van der Waals surface area contributed by atoms with Crippen LogP contribution in [0.5, 0.6) is 5.75 Å². The lowest BCUT2D eigenvalue weighted by Gasteiger charge is -2.24. The van der Waals surface area contributed by atoms with E-state index in [0.29, 0.717) is 12.5 Å². The third-order valence-electron chi connectivity index (χ3n) is 3.41. The number of nitro groups is 1. The number of carboxylic acids is 1. The summed E-state index contributed by atoms with van der Waals surface area (Å²) in [5.41, 5.74) is -0.411. The molecule has 2 rings (SSSR count). The number of nitrogens with zero attached hydrogens (tertiary/aromatic N) is 1. The van der Waals surface area contributed by atoms with Gasteiger partial charge in [0.1, 0.15) is 0 Å². The number of benzene rings is 1. The SMILES string of the molecule is O=C(O)c1ccc(OCCC2CCC2)c([N+](=O)[O-])c1. The highest BCUT2D eigenvalue weighted by Gasteiger charge is 2.20. The highest BCUT2D eigenvalue weighted by molar-refractivity contribution is 5.88. The second-order valence-electron chi connectivity index (χ2n) is 4.68. The van der Waals surface area contributed by atoms with Gasteiger partial charge in [-0.1, -0.05) is 19.3 Å². The van der Waals surface area contributed by atoms with Gasteiger partial charge in [-0.15, -0.1) is 0 Å². The molecule has 0 spiro atoms. The number of carboxylic acid groups (broad SMARTS) is 1. The summed E-state index contributed by atoms with van der Waals surface area (Å²) in [4.78, 5) is 21.0. The fourth-order valence-corrected chi connectivity index (χ4v) is 2.03. The van der Waals surface area contributed by atoms with Crippen molar-refractivity contribution >= 4 is 11.7 Å². The van der Waals surface area contributed by atoms with Gasteiger partial charge in [0.2, 0.25) is 0 Å². The molecule has 19 heavy (non-hydrogen) atoms. The topological polar surface area (TPSA) is 89.7 Å². The molecule has 1 aromatic carbocycles. The van der Waals surface area contributed by atoms with Crippen molar-refractivity contribution in [3.05, 3.63) is 33.9 Å². The Morgan fingerprint density at radius 1 is 1.47 bits per heavy atom. The lowest BCUT2D eigenvalue weighted by Crippen LogP contribution is -2.14. The number of aromatic carboxylic acids is 1. The average molecular weight is 265 g/mol. The van der Waals surface area contributed by atoms with Crippen LogP contribution >= 0.6 is 0 Å². The number of nitro benzene ring substituents is 1. The minimum absolute atomic E-state index is 0.113. The normalized spacial score (nSPS) is 14.7. The molecule has 1 aliphatic carbocycles. The van der Waals surface area contributed by atoms with Crippen LogP contribution in [0.15, 0.2) is 18.2 Å². The highest BCUT2D eigenvalue weighted by Crippen LogP contribution is 2.31. The fraction of sp³-hybridized carbons (Fsp3) is 0.462. The first-order valence-corrected chi connectivity index (χ1v) is 6.22. The van der Waals surface area contributed by atoms with Gasteiger partial charge in [0.05, 0.1) is 17.1 Å². The van der Waals surface area contributed by atoms with E-state index < -0.39 is 10.9 Å². The zero-order chi connectivity index (χ0) is 13.8. The third kappa shape index (κ3) is 3.21. The molecule has 1 aliphatic rings. The molecule has 6 nitrogen and oxygen atoms in total. The average Bonchev–Trinajstić information content (AvgIpc) is 2.32. The van der Waals surface area contributed by atoms with Crippen molar-refractivity contribution in [3.8, 4) is 5.75 Å². The summed E-state index contributed by atoms with van der Waals surface area (Å²) < 4.78 is 5.40. The first-order chi connectivity index (χ1) is 9.08. The van der Waals surface area contributed by atoms with Crippen molar-refractivity contribution in [1.29, 1.82) is 0 Å². The Hall–Kier alpha value is -2.11. The molecule has 1 N–H and O–H groups in total. The summed E-state index contributed by atoms with van der Waals surface area (Å²) in [7, 11) is 0. The maximum Gasteiger partial charge on any atom is 0.335 e. The molecule has 102 valence electrons. The van der Waals surface area contributed by atoms with Gasteiger partial charge in [-0.3, -0.25) is 10.1 Å². The van der Waals surface area contributed by atoms with Crippen LogP contribution in [0.1, 0.15) is 36.0 Å². The van der Waals surface area contributed by atoms with Crippen LogP contribution < -0.4 is 4.74 Å². The van der Waals surface area contributed by atoms with E-state index in [1.807, 2.05) is 0 Å². The predicted molar refractivity (Wildman–Crippen MR) is 67.5 cm³/mol. The first kappa shape index (κ1) is 13.3. The summed E-state index contributed by atoms with van der Waals surface area (Å²) >= 11 is 0. The van der Waals surface area contributed by atoms with E-state index in [1.165, 1.54) is 31.4 Å². The predicted octanol–water partition coefficient (Wildman–Crippen LogP) is 2.86. The van der Waals surface area contributed by atoms with Crippen molar-refractivity contribution in [2.45, 2.75) is 25.7 Å². The Kier molecular flexibility index (Phi) is 3.99. The van der Waals surface area contributed by atoms with E-state index >= 15 is 0 Å². The monoisotopic (exact) mass is 265 g/mol. The van der Waals surface area contributed by atoms with Crippen LogP contribution in [0.4, 0.5) is 5.69 Å². The van der Waals surface area contributed by atoms with Crippen molar-refractivity contribution in [2.24, 2.45) is 5.92 Å². The van der Waals surface area contributed by atoms with Crippen LogP contribution in [0, 0.1) is 16.0 Å². The molecule has 0 amide bonds. The molecule has 0 bridgehead atoms. The van der Waals surface area contributed by atoms with Crippen LogP contribution in [-0.4, -0.2) is 22.6 Å². The van der Waals surface area contributed by atoms with Gasteiger partial charge in [0, 0.05) is 6.07 Å². The number of ether oxygens (including phenoxy) is 1. The molecule has 1 saturated carbocycles. The van der Waals surface area contributed by atoms with Gasteiger partial charge in [0.25, 0.3) is 0 Å². The number of hydrogen-bond acceptors (Lipinski definition) is 4. The Bertz CT molecular complexity index is 496. The van der Waals surface area contributed by atoms with Gasteiger partial charge in [0.15, 0.2) is 5.75 Å². The van der Waals surface area contributed by atoms with Gasteiger partial charge in [-0.2, -0.15) is 0 Å². The Balaban J connectivity index is 2.05. The summed E-state index contributed by atoms with van der Waals surface area (Å²) in [5, 5.41) is 19.7. The van der Waals surface area contributed by atoms with E-state index in [2.05, 4.69) is 0 Å². The largest absolute Gasteiger partial charge is 0.487 e. The quantitative estimate of drug-likeness (QED) is 0.631. The molecule has 0 aromatic heterocycles. The van der Waals surface area contributed by atoms with Crippen molar-refractivity contribution < 1.29 is 19.6 Å². The van der Waals surface area contributed by atoms with Crippen molar-refractivity contribution in [2.75, 3.05) is 6.61 Å².